The molecule has 26 heavy (non-hydrogen) atoms. The van der Waals surface area contributed by atoms with Crippen molar-refractivity contribution in [3.63, 3.8) is 0 Å². The third kappa shape index (κ3) is 4.29. The number of aromatic nitrogens is 2. The highest BCUT2D eigenvalue weighted by Gasteiger charge is 2.23. The molecule has 1 unspecified atom stereocenters. The maximum absolute atomic E-state index is 12.5. The van der Waals surface area contributed by atoms with Gasteiger partial charge in [-0.2, -0.15) is 0 Å². The molecule has 1 atom stereocenters. The number of aromatic amines is 1. The van der Waals surface area contributed by atoms with Crippen LogP contribution in [-0.2, 0) is 0 Å². The number of carbonyl (C=O) groups excluding carboxylic acids is 1. The second kappa shape index (κ2) is 8.62. The number of pyridine rings is 2. The first-order chi connectivity index (χ1) is 12.7. The smallest absolute Gasteiger partial charge is 0.267 e. The fourth-order valence-corrected chi connectivity index (χ4v) is 3.29. The van der Waals surface area contributed by atoms with Gasteiger partial charge in [0.1, 0.15) is 5.69 Å². The molecule has 7 heteroatoms. The van der Waals surface area contributed by atoms with E-state index >= 15 is 0 Å². The van der Waals surface area contributed by atoms with E-state index in [1.165, 1.54) is 25.8 Å². The molecule has 1 fully saturated rings. The Labute approximate surface area is 152 Å². The van der Waals surface area contributed by atoms with Gasteiger partial charge >= 0.3 is 0 Å². The van der Waals surface area contributed by atoms with E-state index in [9.17, 15) is 9.59 Å². The molecule has 1 saturated heterocycles. The number of carbonyl (C=O) groups is 1. The van der Waals surface area contributed by atoms with Gasteiger partial charge in [0, 0.05) is 31.2 Å². The molecular formula is C19H24N4O3. The molecule has 3 heterocycles. The SMILES string of the molecule is COc1c[nH]c(C(=O)NCC(c2cccnc2)N2CCCCC2)cc1=O. The lowest BCUT2D eigenvalue weighted by Crippen LogP contribution is -2.41. The summed E-state index contributed by atoms with van der Waals surface area (Å²) in [6, 6.07) is 5.27. The van der Waals surface area contributed by atoms with Crippen molar-refractivity contribution in [3.05, 3.63) is 58.3 Å². The Morgan fingerprint density at radius 1 is 1.38 bits per heavy atom. The molecule has 0 aliphatic carbocycles. The van der Waals surface area contributed by atoms with Crippen LogP contribution in [0.2, 0.25) is 0 Å². The van der Waals surface area contributed by atoms with Crippen molar-refractivity contribution in [3.8, 4) is 5.75 Å². The first kappa shape index (κ1) is 18.1. The zero-order valence-corrected chi connectivity index (χ0v) is 14.9. The van der Waals surface area contributed by atoms with Crippen LogP contribution in [-0.4, -0.2) is 47.5 Å². The third-order valence-electron chi connectivity index (χ3n) is 4.70. The van der Waals surface area contributed by atoms with Gasteiger partial charge < -0.3 is 15.0 Å². The van der Waals surface area contributed by atoms with Crippen molar-refractivity contribution in [1.29, 1.82) is 0 Å². The van der Waals surface area contributed by atoms with Gasteiger partial charge in [-0.25, -0.2) is 0 Å². The number of nitrogens with zero attached hydrogens (tertiary/aromatic N) is 2. The molecule has 1 aliphatic heterocycles. The number of nitrogens with one attached hydrogen (secondary N) is 2. The van der Waals surface area contributed by atoms with Crippen molar-refractivity contribution in [2.24, 2.45) is 0 Å². The molecule has 0 aromatic carbocycles. The van der Waals surface area contributed by atoms with Crippen LogP contribution < -0.4 is 15.5 Å². The van der Waals surface area contributed by atoms with Gasteiger partial charge in [-0.3, -0.25) is 19.5 Å². The highest BCUT2D eigenvalue weighted by Crippen LogP contribution is 2.23. The summed E-state index contributed by atoms with van der Waals surface area (Å²) in [5.41, 5.74) is 0.980. The minimum absolute atomic E-state index is 0.0675. The lowest BCUT2D eigenvalue weighted by molar-refractivity contribution is 0.0919. The molecule has 3 rings (SSSR count). The van der Waals surface area contributed by atoms with Gasteiger partial charge in [-0.05, 0) is 37.6 Å². The third-order valence-corrected chi connectivity index (χ3v) is 4.70. The number of H-pyrrole nitrogens is 1. The summed E-state index contributed by atoms with van der Waals surface area (Å²) in [4.78, 5) is 33.7. The van der Waals surface area contributed by atoms with E-state index in [2.05, 4.69) is 20.2 Å². The summed E-state index contributed by atoms with van der Waals surface area (Å²) in [5.74, 6) is -0.126. The van der Waals surface area contributed by atoms with E-state index in [0.717, 1.165) is 31.5 Å². The van der Waals surface area contributed by atoms with Crippen molar-refractivity contribution < 1.29 is 9.53 Å². The quantitative estimate of drug-likeness (QED) is 0.823. The van der Waals surface area contributed by atoms with E-state index in [-0.39, 0.29) is 28.8 Å². The molecule has 138 valence electrons. The van der Waals surface area contributed by atoms with Gasteiger partial charge in [0.2, 0.25) is 5.43 Å². The predicted molar refractivity (Wildman–Crippen MR) is 98.3 cm³/mol. The summed E-state index contributed by atoms with van der Waals surface area (Å²) >= 11 is 0. The standard InChI is InChI=1S/C19H24N4O3/c1-26-18-13-21-15(10-17(18)24)19(25)22-12-16(14-6-5-7-20-11-14)23-8-3-2-4-9-23/h5-7,10-11,13,16H,2-4,8-9,12H2,1H3,(H,21,24)(H,22,25). The second-order valence-electron chi connectivity index (χ2n) is 6.39. The maximum Gasteiger partial charge on any atom is 0.267 e. The number of rotatable bonds is 6. The Hall–Kier alpha value is -2.67. The Bertz CT molecular complexity index is 785. The number of likely N-dealkylation sites (tertiary alicyclic amines) is 1. The summed E-state index contributed by atoms with van der Waals surface area (Å²) in [6.45, 7) is 2.47. The minimum atomic E-state index is -0.323. The van der Waals surface area contributed by atoms with E-state index in [4.69, 9.17) is 4.74 Å². The highest BCUT2D eigenvalue weighted by molar-refractivity contribution is 5.92. The summed E-state index contributed by atoms with van der Waals surface area (Å²) in [7, 11) is 1.42. The fraction of sp³-hybridized carbons (Fsp3) is 0.421. The highest BCUT2D eigenvalue weighted by atomic mass is 16.5. The van der Waals surface area contributed by atoms with Crippen molar-refractivity contribution in [1.82, 2.24) is 20.2 Å². The van der Waals surface area contributed by atoms with Gasteiger partial charge in [-0.1, -0.05) is 12.5 Å². The monoisotopic (exact) mass is 356 g/mol. The molecule has 2 aromatic rings. The number of hydrogen-bond donors (Lipinski definition) is 2. The predicted octanol–water partition coefficient (Wildman–Crippen LogP) is 1.74. The molecule has 1 aliphatic rings. The van der Waals surface area contributed by atoms with E-state index in [1.54, 1.807) is 6.20 Å². The van der Waals surface area contributed by atoms with Crippen LogP contribution in [0.1, 0.15) is 41.4 Å². The van der Waals surface area contributed by atoms with Crippen molar-refractivity contribution >= 4 is 5.91 Å². The largest absolute Gasteiger partial charge is 0.491 e. The van der Waals surface area contributed by atoms with Crippen molar-refractivity contribution in [2.45, 2.75) is 25.3 Å². The number of piperidine rings is 1. The van der Waals surface area contributed by atoms with E-state index in [1.807, 2.05) is 18.3 Å². The minimum Gasteiger partial charge on any atom is -0.491 e. The molecule has 0 spiro atoms. The van der Waals surface area contributed by atoms with Gasteiger partial charge in [0.25, 0.3) is 5.91 Å². The van der Waals surface area contributed by atoms with Crippen LogP contribution in [0.3, 0.4) is 0 Å². The zero-order chi connectivity index (χ0) is 18.4. The van der Waals surface area contributed by atoms with Crippen LogP contribution in [0, 0.1) is 0 Å². The van der Waals surface area contributed by atoms with Gasteiger partial charge in [0.05, 0.1) is 13.2 Å². The Morgan fingerprint density at radius 2 is 2.19 bits per heavy atom. The van der Waals surface area contributed by atoms with Crippen LogP contribution in [0.4, 0.5) is 0 Å². The topological polar surface area (TPSA) is 87.3 Å². The lowest BCUT2D eigenvalue weighted by atomic mass is 10.0. The second-order valence-corrected chi connectivity index (χ2v) is 6.39. The molecule has 0 bridgehead atoms. The Morgan fingerprint density at radius 3 is 2.85 bits per heavy atom. The van der Waals surface area contributed by atoms with Crippen LogP contribution in [0.5, 0.6) is 5.75 Å². The summed E-state index contributed by atoms with van der Waals surface area (Å²) in [6.07, 6.45) is 8.57. The van der Waals surface area contributed by atoms with Crippen LogP contribution in [0.15, 0.2) is 41.6 Å². The number of amides is 1. The van der Waals surface area contributed by atoms with Crippen molar-refractivity contribution in [2.75, 3.05) is 26.7 Å². The molecule has 0 saturated carbocycles. The number of ether oxygens (including phenoxy) is 1. The molecule has 2 N–H and O–H groups in total. The average Bonchev–Trinajstić information content (AvgIpc) is 2.69. The Kier molecular flexibility index (Phi) is 6.01. The molecule has 7 nitrogen and oxygen atoms in total. The van der Waals surface area contributed by atoms with Crippen LogP contribution >= 0.6 is 0 Å². The van der Waals surface area contributed by atoms with Gasteiger partial charge in [-0.15, -0.1) is 0 Å². The van der Waals surface area contributed by atoms with E-state index in [0.29, 0.717) is 6.54 Å². The molecular weight excluding hydrogens is 332 g/mol. The average molecular weight is 356 g/mol. The molecule has 1 amide bonds. The van der Waals surface area contributed by atoms with E-state index < -0.39 is 0 Å². The fourth-order valence-electron chi connectivity index (χ4n) is 3.29. The molecule has 2 aromatic heterocycles. The van der Waals surface area contributed by atoms with Gasteiger partial charge in [0.15, 0.2) is 5.75 Å². The number of methoxy groups -OCH3 is 1. The first-order valence-corrected chi connectivity index (χ1v) is 8.88. The van der Waals surface area contributed by atoms with Crippen LogP contribution in [0.25, 0.3) is 0 Å². The maximum atomic E-state index is 12.5. The normalized spacial score (nSPS) is 16.0. The summed E-state index contributed by atoms with van der Waals surface area (Å²) in [5, 5.41) is 2.94. The first-order valence-electron chi connectivity index (χ1n) is 8.88. The molecule has 0 radical (unpaired) electrons. The Balaban J connectivity index is 1.71. The lowest BCUT2D eigenvalue weighted by Gasteiger charge is -2.34. The zero-order valence-electron chi connectivity index (χ0n) is 14.9. The number of hydrogen-bond acceptors (Lipinski definition) is 5. The summed E-state index contributed by atoms with van der Waals surface area (Å²) < 4.78 is 4.93.